The lowest BCUT2D eigenvalue weighted by Crippen LogP contribution is -2.44. The smallest absolute Gasteiger partial charge is 0.245 e. The number of amides is 1. The van der Waals surface area contributed by atoms with Gasteiger partial charge < -0.3 is 4.90 Å². The lowest BCUT2D eigenvalue weighted by atomic mass is 10.0. The molecule has 11 heteroatoms. The van der Waals surface area contributed by atoms with E-state index >= 15 is 0 Å². The fourth-order valence-corrected chi connectivity index (χ4v) is 4.28. The zero-order valence-corrected chi connectivity index (χ0v) is 20.8. The van der Waals surface area contributed by atoms with Gasteiger partial charge in [0.2, 0.25) is 11.7 Å². The van der Waals surface area contributed by atoms with Crippen LogP contribution in [0.25, 0.3) is 22.2 Å². The Morgan fingerprint density at radius 2 is 1.95 bits per heavy atom. The summed E-state index contributed by atoms with van der Waals surface area (Å²) in [6, 6.07) is 0.695. The van der Waals surface area contributed by atoms with E-state index in [0.29, 0.717) is 28.0 Å². The molecule has 190 valence electrons. The van der Waals surface area contributed by atoms with Gasteiger partial charge in [-0.05, 0) is 26.0 Å². The Hall–Kier alpha value is -4.41. The average Bonchev–Trinajstić information content (AvgIpc) is 3.44. The first kappa shape index (κ1) is 25.7. The number of alkyl halides is 1. The Kier molecular flexibility index (Phi) is 7.42. The summed E-state index contributed by atoms with van der Waals surface area (Å²) in [5, 5.41) is 4.86. The highest BCUT2D eigenvalue weighted by atomic mass is 19.1. The quantitative estimate of drug-likeness (QED) is 0.342. The number of Topliss-reactive ketones (excluding diaryl/α,β-unsaturated/α-hetero) is 2. The van der Waals surface area contributed by atoms with Crippen molar-refractivity contribution in [1.29, 1.82) is 0 Å². The number of nitrogens with zero attached hydrogens (tertiary/aromatic N) is 7. The minimum Gasteiger partial charge on any atom is -0.328 e. The van der Waals surface area contributed by atoms with Crippen molar-refractivity contribution in [3.05, 3.63) is 61.1 Å². The van der Waals surface area contributed by atoms with Crippen molar-refractivity contribution in [2.24, 2.45) is 4.99 Å². The molecular weight excluding hydrogens is 477 g/mol. The summed E-state index contributed by atoms with van der Waals surface area (Å²) in [4.78, 5) is 56.7. The molecule has 1 aliphatic rings. The van der Waals surface area contributed by atoms with Crippen molar-refractivity contribution in [2.45, 2.75) is 46.0 Å². The molecule has 1 fully saturated rings. The van der Waals surface area contributed by atoms with Crippen LogP contribution in [-0.2, 0) is 16.1 Å². The van der Waals surface area contributed by atoms with E-state index in [9.17, 15) is 18.8 Å². The number of rotatable bonds is 8. The highest BCUT2D eigenvalue weighted by Gasteiger charge is 2.41. The van der Waals surface area contributed by atoms with Gasteiger partial charge in [0.1, 0.15) is 29.9 Å². The average molecular weight is 504 g/mol. The van der Waals surface area contributed by atoms with E-state index in [1.54, 1.807) is 38.4 Å². The number of aryl methyl sites for hydroxylation is 1. The zero-order valence-electron chi connectivity index (χ0n) is 20.8. The van der Waals surface area contributed by atoms with Crippen molar-refractivity contribution >= 4 is 34.1 Å². The van der Waals surface area contributed by atoms with Crippen LogP contribution in [0, 0.1) is 6.92 Å². The molecule has 4 heterocycles. The molecule has 0 radical (unpaired) electrons. The molecule has 0 aliphatic carbocycles. The highest BCUT2D eigenvalue weighted by Crippen LogP contribution is 2.26. The standard InChI is InChI=1S/C26H26FN7O3/c1-5-7-20(28-6-2)26(37)22-8-18(27)13-33(22)24(36)14-34-23-12-31-21(17-10-29-16(4)30-11-17)9-19(23)25(32-34)15(3)35/h5-7,9-12,18,22H,2,8,13-14H2,1,3-4H3/b7-5-,28-20?/t18-,22+/m1/s1. The summed E-state index contributed by atoms with van der Waals surface area (Å²) in [6.45, 7) is 7.87. The van der Waals surface area contributed by atoms with Crippen molar-refractivity contribution in [1.82, 2.24) is 29.6 Å². The van der Waals surface area contributed by atoms with Crippen LogP contribution in [0.1, 0.15) is 36.6 Å². The molecule has 1 amide bonds. The van der Waals surface area contributed by atoms with Crippen molar-refractivity contribution in [3.63, 3.8) is 0 Å². The first-order valence-electron chi connectivity index (χ1n) is 11.7. The van der Waals surface area contributed by atoms with Crippen molar-refractivity contribution in [2.75, 3.05) is 6.54 Å². The molecule has 0 saturated carbocycles. The van der Waals surface area contributed by atoms with E-state index in [-0.39, 0.29) is 36.7 Å². The SMILES string of the molecule is C=CN=C(/C=C\C)C(=O)[C@@H]1C[C@@H](F)CN1C(=O)Cn1nc(C(C)=O)c2cc(-c3cnc(C)nc3)ncc21. The van der Waals surface area contributed by atoms with E-state index in [0.717, 1.165) is 0 Å². The Morgan fingerprint density at radius 1 is 1.22 bits per heavy atom. The summed E-state index contributed by atoms with van der Waals surface area (Å²) >= 11 is 0. The van der Waals surface area contributed by atoms with Crippen LogP contribution >= 0.6 is 0 Å². The van der Waals surface area contributed by atoms with Gasteiger partial charge in [-0.25, -0.2) is 14.4 Å². The predicted octanol–water partition coefficient (Wildman–Crippen LogP) is 3.07. The van der Waals surface area contributed by atoms with Crippen LogP contribution in [0.15, 0.2) is 54.6 Å². The summed E-state index contributed by atoms with van der Waals surface area (Å²) in [6.07, 6.45) is 7.67. The Labute approximate surface area is 212 Å². The van der Waals surface area contributed by atoms with E-state index < -0.39 is 23.9 Å². The number of fused-ring (bicyclic) bond motifs is 1. The molecule has 3 aromatic heterocycles. The van der Waals surface area contributed by atoms with Gasteiger partial charge in [0.25, 0.3) is 0 Å². The predicted molar refractivity (Wildman–Crippen MR) is 136 cm³/mol. The van der Waals surface area contributed by atoms with Gasteiger partial charge in [-0.1, -0.05) is 12.7 Å². The van der Waals surface area contributed by atoms with Gasteiger partial charge in [-0.15, -0.1) is 0 Å². The molecule has 1 aliphatic heterocycles. The van der Waals surface area contributed by atoms with Crippen LogP contribution in [0.2, 0.25) is 0 Å². The number of aliphatic imine (C=N–C) groups is 1. The van der Waals surface area contributed by atoms with E-state index in [4.69, 9.17) is 0 Å². The second-order valence-corrected chi connectivity index (χ2v) is 8.62. The molecule has 0 spiro atoms. The largest absolute Gasteiger partial charge is 0.328 e. The number of pyridine rings is 1. The molecule has 0 N–H and O–H groups in total. The Morgan fingerprint density at radius 3 is 2.59 bits per heavy atom. The van der Waals surface area contributed by atoms with Crippen molar-refractivity contribution in [3.8, 4) is 11.3 Å². The van der Waals surface area contributed by atoms with Gasteiger partial charge in [0.15, 0.2) is 5.78 Å². The maximum Gasteiger partial charge on any atom is 0.245 e. The summed E-state index contributed by atoms with van der Waals surface area (Å²) in [5.74, 6) is -0.646. The van der Waals surface area contributed by atoms with Crippen LogP contribution in [0.4, 0.5) is 4.39 Å². The Balaban J connectivity index is 1.66. The van der Waals surface area contributed by atoms with E-state index in [1.165, 1.54) is 35.0 Å². The maximum absolute atomic E-state index is 14.4. The van der Waals surface area contributed by atoms with E-state index in [1.807, 2.05) is 0 Å². The molecule has 0 unspecified atom stereocenters. The number of carbonyl (C=O) groups is 3. The summed E-state index contributed by atoms with van der Waals surface area (Å²) in [5.41, 5.74) is 1.93. The number of hydrogen-bond acceptors (Lipinski definition) is 8. The second-order valence-electron chi connectivity index (χ2n) is 8.62. The normalized spacial score (nSPS) is 18.1. The lowest BCUT2D eigenvalue weighted by molar-refractivity contribution is -0.136. The molecule has 2 atom stereocenters. The van der Waals surface area contributed by atoms with Crippen molar-refractivity contribution < 1.29 is 18.8 Å². The van der Waals surface area contributed by atoms with Gasteiger partial charge in [0.05, 0.1) is 30.0 Å². The molecule has 0 aromatic carbocycles. The molecule has 3 aromatic rings. The molecule has 1 saturated heterocycles. The molecular formula is C26H26FN7O3. The Bertz CT molecular complexity index is 1440. The first-order chi connectivity index (χ1) is 17.7. The van der Waals surface area contributed by atoms with Crippen LogP contribution in [0.5, 0.6) is 0 Å². The number of hydrogen-bond donors (Lipinski definition) is 0. The fraction of sp³-hybridized carbons (Fsp3) is 0.308. The lowest BCUT2D eigenvalue weighted by Gasteiger charge is -2.23. The molecule has 37 heavy (non-hydrogen) atoms. The first-order valence-corrected chi connectivity index (χ1v) is 11.7. The number of aromatic nitrogens is 5. The van der Waals surface area contributed by atoms with Gasteiger partial charge in [-0.3, -0.25) is 29.0 Å². The van der Waals surface area contributed by atoms with E-state index in [2.05, 4.69) is 31.6 Å². The van der Waals surface area contributed by atoms with Gasteiger partial charge in [-0.2, -0.15) is 5.10 Å². The third kappa shape index (κ3) is 5.25. The number of ketones is 2. The minimum absolute atomic E-state index is 0.0922. The maximum atomic E-state index is 14.4. The van der Waals surface area contributed by atoms with Crippen LogP contribution in [0.3, 0.4) is 0 Å². The number of likely N-dealkylation sites (tertiary alicyclic amines) is 1. The monoisotopic (exact) mass is 503 g/mol. The zero-order chi connectivity index (χ0) is 26.7. The second kappa shape index (κ2) is 10.7. The molecule has 10 nitrogen and oxygen atoms in total. The molecule has 4 rings (SSSR count). The summed E-state index contributed by atoms with van der Waals surface area (Å²) < 4.78 is 15.8. The van der Waals surface area contributed by atoms with Crippen LogP contribution in [-0.4, -0.2) is 71.6 Å². The number of carbonyl (C=O) groups excluding carboxylic acids is 3. The minimum atomic E-state index is -1.35. The summed E-state index contributed by atoms with van der Waals surface area (Å²) in [7, 11) is 0. The fourth-order valence-electron chi connectivity index (χ4n) is 4.28. The topological polar surface area (TPSA) is 123 Å². The van der Waals surface area contributed by atoms with Crippen LogP contribution < -0.4 is 0 Å². The number of allylic oxidation sites excluding steroid dienone is 2. The highest BCUT2D eigenvalue weighted by molar-refractivity contribution is 6.46. The van der Waals surface area contributed by atoms with Gasteiger partial charge in [0, 0.05) is 42.9 Å². The third-order valence-corrected chi connectivity index (χ3v) is 6.01. The third-order valence-electron chi connectivity index (χ3n) is 6.01. The van der Waals surface area contributed by atoms with Gasteiger partial charge >= 0.3 is 0 Å². The number of halogens is 1. The molecule has 0 bridgehead atoms.